The summed E-state index contributed by atoms with van der Waals surface area (Å²) in [5.41, 5.74) is 2.41. The summed E-state index contributed by atoms with van der Waals surface area (Å²) >= 11 is 0. The molecule has 1 unspecified atom stereocenters. The van der Waals surface area contributed by atoms with Crippen LogP contribution in [0.3, 0.4) is 0 Å². The fraction of sp³-hybridized carbons (Fsp3) is 0.333. The van der Waals surface area contributed by atoms with Gasteiger partial charge in [0.15, 0.2) is 11.5 Å². The van der Waals surface area contributed by atoms with Crippen LogP contribution in [0.1, 0.15) is 18.2 Å². The van der Waals surface area contributed by atoms with Gasteiger partial charge in [0.2, 0.25) is 0 Å². The van der Waals surface area contributed by atoms with Gasteiger partial charge < -0.3 is 9.47 Å². The third-order valence-electron chi connectivity index (χ3n) is 4.72. The third-order valence-corrected chi connectivity index (χ3v) is 4.72. The van der Waals surface area contributed by atoms with Gasteiger partial charge in [-0.1, -0.05) is 25.1 Å². The van der Waals surface area contributed by atoms with Crippen molar-refractivity contribution in [1.29, 1.82) is 0 Å². The molecular formula is C21H23N3O3. The van der Waals surface area contributed by atoms with Gasteiger partial charge in [-0.05, 0) is 37.2 Å². The van der Waals surface area contributed by atoms with Crippen LogP contribution >= 0.6 is 0 Å². The van der Waals surface area contributed by atoms with E-state index in [-0.39, 0.29) is 11.7 Å². The Balaban J connectivity index is 1.49. The molecule has 0 amide bonds. The van der Waals surface area contributed by atoms with Crippen molar-refractivity contribution in [3.8, 4) is 11.5 Å². The first-order valence-electron chi connectivity index (χ1n) is 9.22. The second-order valence-electron chi connectivity index (χ2n) is 6.85. The van der Waals surface area contributed by atoms with Gasteiger partial charge in [-0.25, -0.2) is 4.98 Å². The Morgan fingerprint density at radius 3 is 2.85 bits per heavy atom. The van der Waals surface area contributed by atoms with E-state index in [1.54, 1.807) is 10.5 Å². The lowest BCUT2D eigenvalue weighted by Gasteiger charge is -2.30. The van der Waals surface area contributed by atoms with Crippen molar-refractivity contribution < 1.29 is 9.47 Å². The molecule has 1 atom stereocenters. The molecule has 0 fully saturated rings. The quantitative estimate of drug-likeness (QED) is 0.696. The number of likely N-dealkylation sites (N-methyl/N-ethyl adjacent to an activating group) is 1. The zero-order chi connectivity index (χ0) is 18.8. The molecule has 0 aliphatic carbocycles. The summed E-state index contributed by atoms with van der Waals surface area (Å²) in [6, 6.07) is 13.2. The predicted molar refractivity (Wildman–Crippen MR) is 104 cm³/mol. The molecule has 140 valence electrons. The Bertz CT molecular complexity index is 1010. The van der Waals surface area contributed by atoms with Gasteiger partial charge >= 0.3 is 0 Å². The highest BCUT2D eigenvalue weighted by Gasteiger charge is 2.23. The molecule has 3 aromatic rings. The maximum absolute atomic E-state index is 12.4. The minimum atomic E-state index is -0.0547. The molecule has 0 spiro atoms. The van der Waals surface area contributed by atoms with Crippen LogP contribution in [0, 0.1) is 6.92 Å². The van der Waals surface area contributed by atoms with Gasteiger partial charge in [0.1, 0.15) is 18.4 Å². The number of aromatic nitrogens is 2. The molecule has 0 saturated heterocycles. The largest absolute Gasteiger partial charge is 0.486 e. The van der Waals surface area contributed by atoms with Crippen molar-refractivity contribution in [2.75, 3.05) is 19.7 Å². The summed E-state index contributed by atoms with van der Waals surface area (Å²) in [6.07, 6.45) is 1.76. The van der Waals surface area contributed by atoms with Gasteiger partial charge in [-0.15, -0.1) is 0 Å². The third kappa shape index (κ3) is 3.80. The van der Waals surface area contributed by atoms with Crippen LogP contribution in [0.25, 0.3) is 5.65 Å². The fourth-order valence-electron chi connectivity index (χ4n) is 3.31. The van der Waals surface area contributed by atoms with Crippen molar-refractivity contribution in [2.45, 2.75) is 26.5 Å². The van der Waals surface area contributed by atoms with Crippen LogP contribution < -0.4 is 15.0 Å². The summed E-state index contributed by atoms with van der Waals surface area (Å²) in [5, 5.41) is 0. The number of aryl methyl sites for hydroxylation is 1. The Morgan fingerprint density at radius 1 is 1.22 bits per heavy atom. The van der Waals surface area contributed by atoms with Gasteiger partial charge in [-0.2, -0.15) is 0 Å². The lowest BCUT2D eigenvalue weighted by Crippen LogP contribution is -2.41. The van der Waals surface area contributed by atoms with E-state index in [0.29, 0.717) is 25.3 Å². The van der Waals surface area contributed by atoms with Crippen molar-refractivity contribution >= 4 is 5.65 Å². The van der Waals surface area contributed by atoms with E-state index in [1.165, 1.54) is 0 Å². The maximum Gasteiger partial charge on any atom is 0.258 e. The second-order valence-corrected chi connectivity index (χ2v) is 6.85. The van der Waals surface area contributed by atoms with Gasteiger partial charge in [-0.3, -0.25) is 14.1 Å². The molecule has 0 bridgehead atoms. The van der Waals surface area contributed by atoms with E-state index in [2.05, 4.69) is 16.8 Å². The molecular weight excluding hydrogens is 342 g/mol. The molecule has 0 saturated carbocycles. The normalized spacial score (nSPS) is 16.0. The minimum Gasteiger partial charge on any atom is -0.486 e. The fourth-order valence-corrected chi connectivity index (χ4v) is 3.31. The number of hydrogen-bond acceptors (Lipinski definition) is 5. The molecule has 0 radical (unpaired) electrons. The van der Waals surface area contributed by atoms with Crippen LogP contribution in [-0.2, 0) is 6.54 Å². The van der Waals surface area contributed by atoms with Crippen LogP contribution in [0.15, 0.2) is 53.5 Å². The Labute approximate surface area is 158 Å². The summed E-state index contributed by atoms with van der Waals surface area (Å²) in [7, 11) is 0. The molecule has 6 nitrogen and oxygen atoms in total. The molecule has 1 aliphatic heterocycles. The minimum absolute atomic E-state index is 0.0518. The van der Waals surface area contributed by atoms with Crippen LogP contribution in [-0.4, -0.2) is 40.1 Å². The second kappa shape index (κ2) is 7.40. The number of rotatable bonds is 5. The Hall–Kier alpha value is -2.86. The van der Waals surface area contributed by atoms with Crippen molar-refractivity contribution in [3.63, 3.8) is 0 Å². The lowest BCUT2D eigenvalue weighted by molar-refractivity contribution is 0.0577. The number of pyridine rings is 1. The monoisotopic (exact) mass is 365 g/mol. The van der Waals surface area contributed by atoms with Crippen LogP contribution in [0.5, 0.6) is 11.5 Å². The number of hydrogen-bond donors (Lipinski definition) is 0. The number of para-hydroxylation sites is 2. The van der Waals surface area contributed by atoms with Crippen molar-refractivity contribution in [1.82, 2.24) is 14.3 Å². The molecule has 6 heteroatoms. The van der Waals surface area contributed by atoms with Crippen LogP contribution in [0.2, 0.25) is 0 Å². The smallest absolute Gasteiger partial charge is 0.258 e. The summed E-state index contributed by atoms with van der Waals surface area (Å²) in [4.78, 5) is 19.3. The van der Waals surface area contributed by atoms with Gasteiger partial charge in [0.05, 0.1) is 5.69 Å². The van der Waals surface area contributed by atoms with E-state index >= 15 is 0 Å². The number of fused-ring (bicyclic) bond motifs is 2. The molecule has 1 aromatic carbocycles. The molecule has 27 heavy (non-hydrogen) atoms. The molecule has 0 N–H and O–H groups in total. The van der Waals surface area contributed by atoms with Gasteiger partial charge in [0.25, 0.3) is 5.56 Å². The topological polar surface area (TPSA) is 56.1 Å². The van der Waals surface area contributed by atoms with Crippen molar-refractivity contribution in [3.05, 3.63) is 70.3 Å². The van der Waals surface area contributed by atoms with E-state index in [9.17, 15) is 4.79 Å². The number of ether oxygens (including phenoxy) is 2. The highest BCUT2D eigenvalue weighted by molar-refractivity contribution is 5.41. The Morgan fingerprint density at radius 2 is 2.04 bits per heavy atom. The SMILES string of the molecule is CCN(Cc1cc(=O)n2cc(C)ccc2n1)CC1COc2ccccc2O1. The number of benzene rings is 1. The summed E-state index contributed by atoms with van der Waals surface area (Å²) < 4.78 is 13.4. The zero-order valence-electron chi connectivity index (χ0n) is 15.6. The maximum atomic E-state index is 12.4. The average molecular weight is 365 g/mol. The van der Waals surface area contributed by atoms with E-state index in [4.69, 9.17) is 9.47 Å². The molecule has 3 heterocycles. The predicted octanol–water partition coefficient (Wildman–Crippen LogP) is 2.66. The van der Waals surface area contributed by atoms with E-state index in [1.807, 2.05) is 49.5 Å². The number of nitrogens with zero attached hydrogens (tertiary/aromatic N) is 3. The summed E-state index contributed by atoms with van der Waals surface area (Å²) in [6.45, 7) is 6.70. The molecule has 4 rings (SSSR count). The first-order valence-corrected chi connectivity index (χ1v) is 9.22. The van der Waals surface area contributed by atoms with E-state index in [0.717, 1.165) is 29.3 Å². The zero-order valence-corrected chi connectivity index (χ0v) is 15.6. The first-order chi connectivity index (χ1) is 13.1. The highest BCUT2D eigenvalue weighted by Crippen LogP contribution is 2.31. The standard InChI is InChI=1S/C21H23N3O3/c1-3-23(13-17-14-26-18-6-4-5-7-19(18)27-17)12-16-10-21(25)24-11-15(2)8-9-20(24)22-16/h4-11,17H,3,12-14H2,1-2H3. The lowest BCUT2D eigenvalue weighted by atomic mass is 10.2. The van der Waals surface area contributed by atoms with Crippen molar-refractivity contribution in [2.24, 2.45) is 0 Å². The average Bonchev–Trinajstić information content (AvgIpc) is 2.68. The summed E-state index contributed by atoms with van der Waals surface area (Å²) in [5.74, 6) is 1.57. The van der Waals surface area contributed by atoms with E-state index < -0.39 is 0 Å². The molecule has 1 aliphatic rings. The van der Waals surface area contributed by atoms with Gasteiger partial charge in [0, 0.05) is 25.4 Å². The van der Waals surface area contributed by atoms with Crippen LogP contribution in [0.4, 0.5) is 0 Å². The highest BCUT2D eigenvalue weighted by atomic mass is 16.6. The first kappa shape index (κ1) is 17.5. The molecule has 2 aromatic heterocycles. The Kier molecular flexibility index (Phi) is 4.81.